The monoisotopic (exact) mass is 293 g/mol. The number of likely N-dealkylation sites (tertiary alicyclic amines) is 1. The molecule has 1 aromatic rings. The summed E-state index contributed by atoms with van der Waals surface area (Å²) < 4.78 is 14.0. The van der Waals surface area contributed by atoms with E-state index in [1.165, 1.54) is 31.4 Å². The summed E-state index contributed by atoms with van der Waals surface area (Å²) in [4.78, 5) is 14.5. The molecule has 1 amide bonds. The Morgan fingerprint density at radius 2 is 2.05 bits per heavy atom. The third-order valence-corrected chi connectivity index (χ3v) is 4.09. The zero-order valence-corrected chi connectivity index (χ0v) is 12.8. The van der Waals surface area contributed by atoms with E-state index < -0.39 is 11.7 Å². The average molecular weight is 293 g/mol. The number of nitrogens with one attached hydrogen (secondary N) is 1. The number of nitrogens with zero attached hydrogens (tertiary/aromatic N) is 1. The van der Waals surface area contributed by atoms with Gasteiger partial charge in [0.2, 0.25) is 0 Å². The summed E-state index contributed by atoms with van der Waals surface area (Å²) in [5, 5.41) is 2.82. The van der Waals surface area contributed by atoms with Gasteiger partial charge in [0, 0.05) is 18.3 Å². The SMILES string of the molecule is Cc1cc(N)cc(C(=O)NCC(C)N2CCCCC2)c1F. The summed E-state index contributed by atoms with van der Waals surface area (Å²) in [7, 11) is 0. The molecule has 0 spiro atoms. The molecule has 3 N–H and O–H groups in total. The van der Waals surface area contributed by atoms with Crippen LogP contribution in [0.1, 0.15) is 42.1 Å². The van der Waals surface area contributed by atoms with Crippen LogP contribution in [-0.4, -0.2) is 36.5 Å². The van der Waals surface area contributed by atoms with Crippen LogP contribution in [0.3, 0.4) is 0 Å². The van der Waals surface area contributed by atoms with E-state index in [-0.39, 0.29) is 11.6 Å². The molecule has 0 bridgehead atoms. The summed E-state index contributed by atoms with van der Waals surface area (Å²) in [6.45, 7) is 6.36. The first-order valence-corrected chi connectivity index (χ1v) is 7.57. The fourth-order valence-corrected chi connectivity index (χ4v) is 2.79. The zero-order chi connectivity index (χ0) is 15.4. The summed E-state index contributed by atoms with van der Waals surface area (Å²) in [5.41, 5.74) is 6.51. The highest BCUT2D eigenvalue weighted by atomic mass is 19.1. The number of nitrogen functional groups attached to an aromatic ring is 1. The molecule has 4 nitrogen and oxygen atoms in total. The van der Waals surface area contributed by atoms with Crippen LogP contribution in [-0.2, 0) is 0 Å². The van der Waals surface area contributed by atoms with E-state index >= 15 is 0 Å². The number of amides is 1. The minimum absolute atomic E-state index is 0.0262. The molecule has 1 aromatic carbocycles. The average Bonchev–Trinajstić information content (AvgIpc) is 2.49. The van der Waals surface area contributed by atoms with E-state index in [2.05, 4.69) is 17.1 Å². The number of hydrogen-bond donors (Lipinski definition) is 2. The second-order valence-corrected chi connectivity index (χ2v) is 5.86. The first-order valence-electron chi connectivity index (χ1n) is 7.57. The fourth-order valence-electron chi connectivity index (χ4n) is 2.79. The van der Waals surface area contributed by atoms with Crippen molar-refractivity contribution in [3.8, 4) is 0 Å². The quantitative estimate of drug-likeness (QED) is 0.838. The van der Waals surface area contributed by atoms with Gasteiger partial charge < -0.3 is 11.1 Å². The van der Waals surface area contributed by atoms with Gasteiger partial charge in [0.1, 0.15) is 5.82 Å². The maximum atomic E-state index is 14.0. The van der Waals surface area contributed by atoms with Gasteiger partial charge in [0.05, 0.1) is 5.56 Å². The molecule has 21 heavy (non-hydrogen) atoms. The summed E-state index contributed by atoms with van der Waals surface area (Å²) in [5.74, 6) is -0.890. The van der Waals surface area contributed by atoms with E-state index in [0.717, 1.165) is 13.1 Å². The van der Waals surface area contributed by atoms with Crippen LogP contribution in [0.2, 0.25) is 0 Å². The molecule has 2 rings (SSSR count). The highest BCUT2D eigenvalue weighted by molar-refractivity contribution is 5.95. The molecule has 0 aromatic heterocycles. The van der Waals surface area contributed by atoms with Crippen molar-refractivity contribution in [3.05, 3.63) is 29.1 Å². The lowest BCUT2D eigenvalue weighted by atomic mass is 10.1. The van der Waals surface area contributed by atoms with Crippen LogP contribution in [0.15, 0.2) is 12.1 Å². The standard InChI is InChI=1S/C16H24FN3O/c1-11-8-13(18)9-14(15(11)17)16(21)19-10-12(2)20-6-4-3-5-7-20/h8-9,12H,3-7,10,18H2,1-2H3,(H,19,21). The molecular weight excluding hydrogens is 269 g/mol. The smallest absolute Gasteiger partial charge is 0.254 e. The van der Waals surface area contributed by atoms with E-state index in [4.69, 9.17) is 5.73 Å². The molecule has 1 aliphatic heterocycles. The molecule has 0 radical (unpaired) electrons. The van der Waals surface area contributed by atoms with Crippen molar-refractivity contribution in [3.63, 3.8) is 0 Å². The lowest BCUT2D eigenvalue weighted by Crippen LogP contribution is -2.44. The summed E-state index contributed by atoms with van der Waals surface area (Å²) in [6, 6.07) is 3.19. The number of anilines is 1. The lowest BCUT2D eigenvalue weighted by Gasteiger charge is -2.32. The molecule has 1 heterocycles. The molecule has 116 valence electrons. The molecule has 1 unspecified atom stereocenters. The zero-order valence-electron chi connectivity index (χ0n) is 12.8. The molecule has 0 aliphatic carbocycles. The largest absolute Gasteiger partial charge is 0.399 e. The van der Waals surface area contributed by atoms with Gasteiger partial charge in [-0.25, -0.2) is 4.39 Å². The number of piperidine rings is 1. The highest BCUT2D eigenvalue weighted by Crippen LogP contribution is 2.17. The predicted octanol–water partition coefficient (Wildman–Crippen LogP) is 2.32. The fraction of sp³-hybridized carbons (Fsp3) is 0.562. The van der Waals surface area contributed by atoms with Crippen molar-refractivity contribution < 1.29 is 9.18 Å². The van der Waals surface area contributed by atoms with Gasteiger partial charge >= 0.3 is 0 Å². The maximum absolute atomic E-state index is 14.0. The predicted molar refractivity (Wildman–Crippen MR) is 82.8 cm³/mol. The minimum atomic E-state index is -0.493. The summed E-state index contributed by atoms with van der Waals surface area (Å²) in [6.07, 6.45) is 3.70. The van der Waals surface area contributed by atoms with Crippen LogP contribution < -0.4 is 11.1 Å². The highest BCUT2D eigenvalue weighted by Gasteiger charge is 2.19. The van der Waals surface area contributed by atoms with Gasteiger partial charge in [-0.15, -0.1) is 0 Å². The maximum Gasteiger partial charge on any atom is 0.254 e. The molecule has 1 atom stereocenters. The van der Waals surface area contributed by atoms with E-state index in [1.54, 1.807) is 6.92 Å². The Morgan fingerprint density at radius 3 is 2.71 bits per heavy atom. The van der Waals surface area contributed by atoms with E-state index in [1.807, 2.05) is 0 Å². The van der Waals surface area contributed by atoms with Crippen LogP contribution in [0.25, 0.3) is 0 Å². The number of halogens is 1. The molecule has 1 aliphatic rings. The number of aryl methyl sites for hydroxylation is 1. The number of carbonyl (C=O) groups is 1. The van der Waals surface area contributed by atoms with Crippen LogP contribution in [0, 0.1) is 12.7 Å². The third-order valence-electron chi connectivity index (χ3n) is 4.09. The van der Waals surface area contributed by atoms with Gasteiger partial charge in [-0.3, -0.25) is 9.69 Å². The van der Waals surface area contributed by atoms with Gasteiger partial charge in [-0.2, -0.15) is 0 Å². The van der Waals surface area contributed by atoms with Gasteiger partial charge in [0.25, 0.3) is 5.91 Å². The second kappa shape index (κ2) is 6.89. The molecule has 0 saturated carbocycles. The number of nitrogens with two attached hydrogens (primary N) is 1. The number of hydrogen-bond acceptors (Lipinski definition) is 3. The van der Waals surface area contributed by atoms with E-state index in [0.29, 0.717) is 17.8 Å². The Hall–Kier alpha value is -1.62. The van der Waals surface area contributed by atoms with Crippen molar-refractivity contribution in [1.82, 2.24) is 10.2 Å². The van der Waals surface area contributed by atoms with Crippen molar-refractivity contribution in [1.29, 1.82) is 0 Å². The number of carbonyl (C=O) groups excluding carboxylic acids is 1. The van der Waals surface area contributed by atoms with Gasteiger partial charge in [-0.1, -0.05) is 6.42 Å². The summed E-state index contributed by atoms with van der Waals surface area (Å²) >= 11 is 0. The van der Waals surface area contributed by atoms with E-state index in [9.17, 15) is 9.18 Å². The van der Waals surface area contributed by atoms with Crippen molar-refractivity contribution in [2.45, 2.75) is 39.2 Å². The Balaban J connectivity index is 1.95. The first-order chi connectivity index (χ1) is 9.99. The van der Waals surface area contributed by atoms with Crippen LogP contribution >= 0.6 is 0 Å². The van der Waals surface area contributed by atoms with Crippen LogP contribution in [0.4, 0.5) is 10.1 Å². The Kier molecular flexibility index (Phi) is 5.17. The third kappa shape index (κ3) is 3.94. The molecule has 1 saturated heterocycles. The van der Waals surface area contributed by atoms with Crippen molar-refractivity contribution in [2.24, 2.45) is 0 Å². The van der Waals surface area contributed by atoms with Crippen molar-refractivity contribution in [2.75, 3.05) is 25.4 Å². The minimum Gasteiger partial charge on any atom is -0.399 e. The molecule has 1 fully saturated rings. The lowest BCUT2D eigenvalue weighted by molar-refractivity contribution is 0.0926. The van der Waals surface area contributed by atoms with Gasteiger partial charge in [-0.05, 0) is 57.5 Å². The Morgan fingerprint density at radius 1 is 1.38 bits per heavy atom. The first kappa shape index (κ1) is 15.8. The van der Waals surface area contributed by atoms with Crippen LogP contribution in [0.5, 0.6) is 0 Å². The topological polar surface area (TPSA) is 58.4 Å². The molecular formula is C16H24FN3O. The van der Waals surface area contributed by atoms with Crippen molar-refractivity contribution >= 4 is 11.6 Å². The number of rotatable bonds is 4. The van der Waals surface area contributed by atoms with Gasteiger partial charge in [0.15, 0.2) is 0 Å². The Labute approximate surface area is 125 Å². The Bertz CT molecular complexity index is 512. The number of benzene rings is 1. The normalized spacial score (nSPS) is 17.5. The second-order valence-electron chi connectivity index (χ2n) is 5.86. The molecule has 5 heteroatoms.